The first kappa shape index (κ1) is 12.6. The third kappa shape index (κ3) is 2.63. The molecule has 1 fully saturated rings. The summed E-state index contributed by atoms with van der Waals surface area (Å²) in [6.07, 6.45) is 0.840. The zero-order chi connectivity index (χ0) is 13.3. The quantitative estimate of drug-likeness (QED) is 0.893. The van der Waals surface area contributed by atoms with Crippen molar-refractivity contribution in [2.45, 2.75) is 17.4 Å². The molecule has 0 spiro atoms. The molecule has 0 amide bonds. The number of rotatable bonds is 3. The molecule has 100 valence electrons. The van der Waals surface area contributed by atoms with Gasteiger partial charge in [-0.2, -0.15) is 0 Å². The van der Waals surface area contributed by atoms with Gasteiger partial charge in [0.05, 0.1) is 4.90 Å². The fourth-order valence-electron chi connectivity index (χ4n) is 2.38. The highest BCUT2D eigenvalue weighted by Gasteiger charge is 2.22. The van der Waals surface area contributed by atoms with E-state index in [0.29, 0.717) is 11.4 Å². The molecule has 0 saturated carbocycles. The molecular weight excluding hydrogens is 260 g/mol. The average Bonchev–Trinajstić information content (AvgIpc) is 2.90. The van der Waals surface area contributed by atoms with Gasteiger partial charge in [-0.1, -0.05) is 30.3 Å². The van der Waals surface area contributed by atoms with Crippen LogP contribution >= 0.6 is 0 Å². The fourth-order valence-corrected chi connectivity index (χ4v) is 3.68. The molecule has 2 N–H and O–H groups in total. The SMILES string of the molecule is O=S(=O)(NC1CCNC1)c1ccc2ccccc2c1. The van der Waals surface area contributed by atoms with Crippen LogP contribution in [0, 0.1) is 0 Å². The summed E-state index contributed by atoms with van der Waals surface area (Å²) in [6.45, 7) is 1.57. The van der Waals surface area contributed by atoms with Crippen LogP contribution in [0.4, 0.5) is 0 Å². The van der Waals surface area contributed by atoms with E-state index in [9.17, 15) is 8.42 Å². The number of sulfonamides is 1. The van der Waals surface area contributed by atoms with Gasteiger partial charge in [-0.25, -0.2) is 13.1 Å². The van der Waals surface area contributed by atoms with Crippen molar-refractivity contribution in [1.82, 2.24) is 10.0 Å². The van der Waals surface area contributed by atoms with Crippen LogP contribution in [-0.4, -0.2) is 27.5 Å². The minimum Gasteiger partial charge on any atom is -0.315 e. The first-order valence-electron chi connectivity index (χ1n) is 6.37. The number of benzene rings is 2. The topological polar surface area (TPSA) is 58.2 Å². The van der Waals surface area contributed by atoms with Gasteiger partial charge < -0.3 is 5.32 Å². The van der Waals surface area contributed by atoms with Crippen molar-refractivity contribution >= 4 is 20.8 Å². The van der Waals surface area contributed by atoms with Crippen LogP contribution in [0.3, 0.4) is 0 Å². The highest BCUT2D eigenvalue weighted by molar-refractivity contribution is 7.89. The van der Waals surface area contributed by atoms with Crippen LogP contribution in [-0.2, 0) is 10.0 Å². The number of hydrogen-bond acceptors (Lipinski definition) is 3. The Hall–Kier alpha value is -1.43. The van der Waals surface area contributed by atoms with Gasteiger partial charge in [0.2, 0.25) is 10.0 Å². The van der Waals surface area contributed by atoms with Crippen molar-refractivity contribution < 1.29 is 8.42 Å². The molecule has 5 heteroatoms. The van der Waals surface area contributed by atoms with Gasteiger partial charge in [-0.3, -0.25) is 0 Å². The van der Waals surface area contributed by atoms with E-state index < -0.39 is 10.0 Å². The van der Waals surface area contributed by atoms with E-state index in [-0.39, 0.29) is 6.04 Å². The van der Waals surface area contributed by atoms with E-state index in [1.165, 1.54) is 0 Å². The molecule has 4 nitrogen and oxygen atoms in total. The Labute approximate surface area is 112 Å². The molecule has 0 aromatic heterocycles. The summed E-state index contributed by atoms with van der Waals surface area (Å²) in [4.78, 5) is 0.332. The average molecular weight is 276 g/mol. The van der Waals surface area contributed by atoms with Gasteiger partial charge in [-0.15, -0.1) is 0 Å². The Morgan fingerprint density at radius 1 is 1.11 bits per heavy atom. The Kier molecular flexibility index (Phi) is 3.26. The third-order valence-electron chi connectivity index (χ3n) is 3.41. The van der Waals surface area contributed by atoms with Crippen molar-refractivity contribution in [3.8, 4) is 0 Å². The second-order valence-electron chi connectivity index (χ2n) is 4.82. The van der Waals surface area contributed by atoms with E-state index in [4.69, 9.17) is 0 Å². The molecule has 0 aliphatic carbocycles. The van der Waals surface area contributed by atoms with E-state index in [1.54, 1.807) is 12.1 Å². The predicted octanol–water partition coefficient (Wildman–Crippen LogP) is 1.48. The summed E-state index contributed by atoms with van der Waals surface area (Å²) in [7, 11) is -3.43. The van der Waals surface area contributed by atoms with Gasteiger partial charge in [0.25, 0.3) is 0 Å². The van der Waals surface area contributed by atoms with Crippen LogP contribution in [0.2, 0.25) is 0 Å². The van der Waals surface area contributed by atoms with Crippen LogP contribution < -0.4 is 10.0 Å². The highest BCUT2D eigenvalue weighted by atomic mass is 32.2. The van der Waals surface area contributed by atoms with Crippen molar-refractivity contribution in [1.29, 1.82) is 0 Å². The summed E-state index contributed by atoms with van der Waals surface area (Å²) in [5.74, 6) is 0. The molecule has 0 bridgehead atoms. The van der Waals surface area contributed by atoms with Crippen LogP contribution in [0.25, 0.3) is 10.8 Å². The second-order valence-corrected chi connectivity index (χ2v) is 6.53. The normalized spacial score (nSPS) is 19.9. The third-order valence-corrected chi connectivity index (χ3v) is 4.93. The zero-order valence-electron chi connectivity index (χ0n) is 10.5. The van der Waals surface area contributed by atoms with Gasteiger partial charge in [0.1, 0.15) is 0 Å². The molecular formula is C14H16N2O2S. The van der Waals surface area contributed by atoms with Crippen LogP contribution in [0.15, 0.2) is 47.4 Å². The molecule has 1 saturated heterocycles. The lowest BCUT2D eigenvalue weighted by molar-refractivity contribution is 0.560. The number of hydrogen-bond donors (Lipinski definition) is 2. The number of fused-ring (bicyclic) bond motifs is 1. The first-order valence-corrected chi connectivity index (χ1v) is 7.85. The molecule has 1 aliphatic rings. The van der Waals surface area contributed by atoms with E-state index >= 15 is 0 Å². The van der Waals surface area contributed by atoms with Gasteiger partial charge in [0.15, 0.2) is 0 Å². The van der Waals surface area contributed by atoms with Crippen molar-refractivity contribution in [3.05, 3.63) is 42.5 Å². The summed E-state index contributed by atoms with van der Waals surface area (Å²) < 4.78 is 27.3. The van der Waals surface area contributed by atoms with E-state index in [1.807, 2.05) is 30.3 Å². The first-order chi connectivity index (χ1) is 9.15. The lowest BCUT2D eigenvalue weighted by atomic mass is 10.1. The van der Waals surface area contributed by atoms with Crippen LogP contribution in [0.1, 0.15) is 6.42 Å². The molecule has 3 rings (SSSR count). The van der Waals surface area contributed by atoms with Crippen LogP contribution in [0.5, 0.6) is 0 Å². The zero-order valence-corrected chi connectivity index (χ0v) is 11.3. The monoisotopic (exact) mass is 276 g/mol. The van der Waals surface area contributed by atoms with Gasteiger partial charge in [0, 0.05) is 12.6 Å². The van der Waals surface area contributed by atoms with Crippen molar-refractivity contribution in [2.75, 3.05) is 13.1 Å². The maximum absolute atomic E-state index is 12.3. The Balaban J connectivity index is 1.93. The fraction of sp³-hybridized carbons (Fsp3) is 0.286. The maximum atomic E-state index is 12.3. The van der Waals surface area contributed by atoms with Gasteiger partial charge >= 0.3 is 0 Å². The lowest BCUT2D eigenvalue weighted by Gasteiger charge is -2.12. The van der Waals surface area contributed by atoms with E-state index in [0.717, 1.165) is 23.7 Å². The second kappa shape index (κ2) is 4.92. The molecule has 1 heterocycles. The minimum absolute atomic E-state index is 0.00327. The summed E-state index contributed by atoms with van der Waals surface area (Å²) in [5.41, 5.74) is 0. The maximum Gasteiger partial charge on any atom is 0.240 e. The molecule has 0 radical (unpaired) electrons. The lowest BCUT2D eigenvalue weighted by Crippen LogP contribution is -2.36. The Morgan fingerprint density at radius 3 is 2.63 bits per heavy atom. The largest absolute Gasteiger partial charge is 0.315 e. The summed E-state index contributed by atoms with van der Waals surface area (Å²) in [5, 5.41) is 5.13. The Bertz CT molecular complexity index is 691. The number of nitrogens with one attached hydrogen (secondary N) is 2. The van der Waals surface area contributed by atoms with E-state index in [2.05, 4.69) is 10.0 Å². The summed E-state index contributed by atoms with van der Waals surface area (Å²) in [6, 6.07) is 13.0. The smallest absolute Gasteiger partial charge is 0.240 e. The van der Waals surface area contributed by atoms with Crippen molar-refractivity contribution in [2.24, 2.45) is 0 Å². The molecule has 1 aliphatic heterocycles. The Morgan fingerprint density at radius 2 is 1.89 bits per heavy atom. The van der Waals surface area contributed by atoms with Gasteiger partial charge in [-0.05, 0) is 35.9 Å². The van der Waals surface area contributed by atoms with Crippen molar-refractivity contribution in [3.63, 3.8) is 0 Å². The molecule has 2 aromatic rings. The molecule has 1 unspecified atom stereocenters. The standard InChI is InChI=1S/C14H16N2O2S/c17-19(18,16-13-7-8-15-10-13)14-6-5-11-3-1-2-4-12(11)9-14/h1-6,9,13,15-16H,7-8,10H2. The molecule has 2 aromatic carbocycles. The molecule has 1 atom stereocenters. The molecule has 19 heavy (non-hydrogen) atoms. The summed E-state index contributed by atoms with van der Waals surface area (Å²) >= 11 is 0. The minimum atomic E-state index is -3.43. The highest BCUT2D eigenvalue weighted by Crippen LogP contribution is 2.19. The predicted molar refractivity (Wildman–Crippen MR) is 75.5 cm³/mol.